The molecule has 0 aliphatic rings. The Morgan fingerprint density at radius 2 is 1.31 bits per heavy atom. The van der Waals surface area contributed by atoms with E-state index in [0.29, 0.717) is 26.0 Å². The number of allylic oxidation sites excluding steroid dienone is 1. The maximum atomic E-state index is 13.6. The monoisotopic (exact) mass is 684 g/mol. The molecule has 0 saturated carbocycles. The first-order chi connectivity index (χ1) is 23.2. The molecule has 0 radical (unpaired) electrons. The molecule has 266 valence electrons. The van der Waals surface area contributed by atoms with E-state index in [1.165, 1.54) is 10.4 Å². The van der Waals surface area contributed by atoms with Gasteiger partial charge in [0.05, 0.1) is 11.8 Å². The summed E-state index contributed by atoms with van der Waals surface area (Å²) < 4.78 is 12.8. The minimum absolute atomic E-state index is 0.0530. The molecule has 0 aromatic heterocycles. The molecule has 3 aromatic rings. The van der Waals surface area contributed by atoms with Crippen LogP contribution in [0.4, 0.5) is 0 Å². The van der Waals surface area contributed by atoms with Crippen molar-refractivity contribution >= 4 is 36.6 Å². The highest BCUT2D eigenvalue weighted by molar-refractivity contribution is 6.99. The summed E-state index contributed by atoms with van der Waals surface area (Å²) >= 11 is 0. The number of carbonyl (C=O) groups excluding carboxylic acids is 2. The van der Waals surface area contributed by atoms with E-state index >= 15 is 0 Å². The first kappa shape index (κ1) is 39.9. The molecular formula is C42H60N2O4Si. The molecule has 0 heterocycles. The number of rotatable bonds is 18. The summed E-state index contributed by atoms with van der Waals surface area (Å²) in [5.41, 5.74) is 6.48. The number of esters is 1. The van der Waals surface area contributed by atoms with Crippen molar-refractivity contribution in [1.29, 1.82) is 0 Å². The average Bonchev–Trinajstić information content (AvgIpc) is 3.05. The van der Waals surface area contributed by atoms with Crippen LogP contribution in [0.25, 0.3) is 6.08 Å². The number of nitrogens with one attached hydrogen (secondary N) is 2. The summed E-state index contributed by atoms with van der Waals surface area (Å²) in [4.78, 5) is 27.1. The van der Waals surface area contributed by atoms with Gasteiger partial charge in [0.25, 0.3) is 8.32 Å². The predicted octanol–water partition coefficient (Wildman–Crippen LogP) is 8.08. The van der Waals surface area contributed by atoms with E-state index in [4.69, 9.17) is 9.16 Å². The van der Waals surface area contributed by atoms with Crippen LogP contribution in [0.1, 0.15) is 93.1 Å². The second-order valence-electron chi connectivity index (χ2n) is 15.4. The lowest BCUT2D eigenvalue weighted by atomic mass is 9.82. The van der Waals surface area contributed by atoms with Crippen molar-refractivity contribution in [3.05, 3.63) is 103 Å². The van der Waals surface area contributed by atoms with Gasteiger partial charge in [0.15, 0.2) is 0 Å². The van der Waals surface area contributed by atoms with Crippen LogP contribution < -0.4 is 21.2 Å². The molecule has 6 nitrogen and oxygen atoms in total. The molecule has 2 N–H and O–H groups in total. The van der Waals surface area contributed by atoms with E-state index in [1.54, 1.807) is 0 Å². The molecule has 0 bridgehead atoms. The fraction of sp³-hybridized carbons (Fsp3) is 0.476. The van der Waals surface area contributed by atoms with E-state index in [1.807, 2.05) is 63.3 Å². The summed E-state index contributed by atoms with van der Waals surface area (Å²) in [5, 5.41) is 2.52. The van der Waals surface area contributed by atoms with E-state index in [9.17, 15) is 9.59 Å². The van der Waals surface area contributed by atoms with Gasteiger partial charge in [-0.1, -0.05) is 138 Å². The Hall–Kier alpha value is -3.52. The quantitative estimate of drug-likeness (QED) is 0.0614. The number of hydrazine groups is 1. The third-order valence-electron chi connectivity index (χ3n) is 8.65. The first-order valence-electron chi connectivity index (χ1n) is 18.0. The smallest absolute Gasteiger partial charge is 0.310 e. The van der Waals surface area contributed by atoms with Crippen LogP contribution in [-0.2, 0) is 18.8 Å². The molecule has 1 amide bonds. The van der Waals surface area contributed by atoms with Crippen molar-refractivity contribution in [2.75, 3.05) is 13.2 Å². The summed E-state index contributed by atoms with van der Waals surface area (Å²) in [5.74, 6) is -1.40. The van der Waals surface area contributed by atoms with Gasteiger partial charge in [-0.15, -0.1) is 0 Å². The lowest BCUT2D eigenvalue weighted by molar-refractivity contribution is -0.164. The number of hydrogen-bond acceptors (Lipinski definition) is 5. The lowest BCUT2D eigenvalue weighted by Gasteiger charge is -2.43. The number of benzene rings is 3. The molecule has 3 aromatic carbocycles. The van der Waals surface area contributed by atoms with Crippen molar-refractivity contribution in [2.24, 2.45) is 17.8 Å². The van der Waals surface area contributed by atoms with Gasteiger partial charge in [-0.3, -0.25) is 15.0 Å². The Morgan fingerprint density at radius 1 is 0.755 bits per heavy atom. The van der Waals surface area contributed by atoms with Crippen molar-refractivity contribution in [2.45, 2.75) is 98.1 Å². The second kappa shape index (κ2) is 19.0. The van der Waals surface area contributed by atoms with Crippen molar-refractivity contribution in [3.63, 3.8) is 0 Å². The molecule has 0 aliphatic heterocycles. The van der Waals surface area contributed by atoms with Gasteiger partial charge in [0.2, 0.25) is 5.91 Å². The van der Waals surface area contributed by atoms with Crippen LogP contribution in [0, 0.1) is 17.8 Å². The minimum Gasteiger partial charge on any atom is -0.460 e. The van der Waals surface area contributed by atoms with Crippen LogP contribution >= 0.6 is 0 Å². The molecule has 0 aliphatic carbocycles. The van der Waals surface area contributed by atoms with Crippen LogP contribution in [0.3, 0.4) is 0 Å². The molecule has 0 fully saturated rings. The molecule has 7 heteroatoms. The van der Waals surface area contributed by atoms with Crippen molar-refractivity contribution < 1.29 is 18.8 Å². The molecule has 0 unspecified atom stereocenters. The number of unbranched alkanes of at least 4 members (excludes halogenated alkanes) is 2. The third kappa shape index (κ3) is 12.4. The molecule has 0 saturated heterocycles. The van der Waals surface area contributed by atoms with Gasteiger partial charge >= 0.3 is 5.97 Å². The van der Waals surface area contributed by atoms with Gasteiger partial charge in [0, 0.05) is 13.2 Å². The summed E-state index contributed by atoms with van der Waals surface area (Å²) in [6, 6.07) is 31.4. The maximum absolute atomic E-state index is 13.6. The SMILES string of the molecule is CC(C)C[C@@H](C(=O)NNCCCCCO[Si](c1ccccc1)(c1ccccc1)C(C)(C)C)[C@H](C/C=C/c1ccccc1)C(=O)OC(C)(C)C. The van der Waals surface area contributed by atoms with Crippen LogP contribution in [0.15, 0.2) is 97.1 Å². The Morgan fingerprint density at radius 3 is 1.82 bits per heavy atom. The van der Waals surface area contributed by atoms with E-state index in [0.717, 1.165) is 24.8 Å². The summed E-state index contributed by atoms with van der Waals surface area (Å²) in [7, 11) is -2.55. The van der Waals surface area contributed by atoms with Gasteiger partial charge in [-0.25, -0.2) is 5.43 Å². The number of amides is 1. The summed E-state index contributed by atoms with van der Waals surface area (Å²) in [6.45, 7) is 17.9. The van der Waals surface area contributed by atoms with E-state index in [2.05, 4.69) is 106 Å². The molecule has 2 atom stereocenters. The number of hydrogen-bond donors (Lipinski definition) is 2. The Kier molecular flexibility index (Phi) is 15.5. The minimum atomic E-state index is -2.55. The summed E-state index contributed by atoms with van der Waals surface area (Å²) in [6.07, 6.45) is 7.74. The number of ether oxygens (including phenoxy) is 1. The Labute approximate surface area is 297 Å². The van der Waals surface area contributed by atoms with Crippen LogP contribution in [0.5, 0.6) is 0 Å². The number of carbonyl (C=O) groups is 2. The standard InChI is InChI=1S/C42H60N2O4Si/c1-33(2)32-38(37(40(46)48-41(3,4)5)29-21-24-34-22-13-9-14-23-34)39(45)44-43-30-19-12-20-31-47-49(42(6,7)8,35-25-15-10-16-26-35)36-27-17-11-18-28-36/h9-11,13-18,21-28,33,37-38,43H,12,19-20,29-32H2,1-8H3,(H,44,45)/b24-21+/t37-,38+/m0/s1. The fourth-order valence-corrected chi connectivity index (χ4v) is 11.0. The average molecular weight is 685 g/mol. The second-order valence-corrected chi connectivity index (χ2v) is 19.7. The Balaban J connectivity index is 1.59. The van der Waals surface area contributed by atoms with Gasteiger partial charge in [-0.2, -0.15) is 0 Å². The molecule has 49 heavy (non-hydrogen) atoms. The van der Waals surface area contributed by atoms with Gasteiger partial charge in [0.1, 0.15) is 5.60 Å². The van der Waals surface area contributed by atoms with Crippen LogP contribution in [0.2, 0.25) is 5.04 Å². The zero-order valence-corrected chi connectivity index (χ0v) is 32.1. The van der Waals surface area contributed by atoms with Crippen LogP contribution in [-0.4, -0.2) is 38.9 Å². The normalized spacial score (nSPS) is 13.7. The van der Waals surface area contributed by atoms with Crippen molar-refractivity contribution in [3.8, 4) is 0 Å². The lowest BCUT2D eigenvalue weighted by Crippen LogP contribution is -2.66. The zero-order chi connectivity index (χ0) is 35.9. The molecular weight excluding hydrogens is 625 g/mol. The van der Waals surface area contributed by atoms with Crippen molar-refractivity contribution in [1.82, 2.24) is 10.9 Å². The predicted molar refractivity (Wildman–Crippen MR) is 206 cm³/mol. The molecule has 3 rings (SSSR count). The molecule has 0 spiro atoms. The highest BCUT2D eigenvalue weighted by atomic mass is 28.4. The topological polar surface area (TPSA) is 76.7 Å². The largest absolute Gasteiger partial charge is 0.460 e. The van der Waals surface area contributed by atoms with E-state index in [-0.39, 0.29) is 22.8 Å². The van der Waals surface area contributed by atoms with Gasteiger partial charge < -0.3 is 9.16 Å². The first-order valence-corrected chi connectivity index (χ1v) is 19.9. The van der Waals surface area contributed by atoms with E-state index < -0.39 is 25.8 Å². The highest BCUT2D eigenvalue weighted by Gasteiger charge is 2.50. The highest BCUT2D eigenvalue weighted by Crippen LogP contribution is 2.37. The third-order valence-corrected chi connectivity index (χ3v) is 13.7. The fourth-order valence-electron chi connectivity index (χ4n) is 6.40. The zero-order valence-electron chi connectivity index (χ0n) is 31.1. The Bertz CT molecular complexity index is 1390. The maximum Gasteiger partial charge on any atom is 0.310 e. The van der Waals surface area contributed by atoms with Gasteiger partial charge in [-0.05, 0) is 79.8 Å².